The second-order valence-electron chi connectivity index (χ2n) is 4.16. The third kappa shape index (κ3) is 2.01. The van der Waals surface area contributed by atoms with E-state index in [1.54, 1.807) is 12.1 Å². The van der Waals surface area contributed by atoms with Gasteiger partial charge in [-0.3, -0.25) is 4.79 Å². The smallest absolute Gasteiger partial charge is 0.335 e. The van der Waals surface area contributed by atoms with Crippen LogP contribution in [-0.4, -0.2) is 15.0 Å². The zero-order valence-corrected chi connectivity index (χ0v) is 11.6. The second-order valence-corrected chi connectivity index (χ2v) is 5.55. The molecule has 0 saturated heterocycles. The Labute approximate surface area is 122 Å². The van der Waals surface area contributed by atoms with E-state index < -0.39 is 5.97 Å². The van der Waals surface area contributed by atoms with Crippen LogP contribution in [0.3, 0.4) is 0 Å². The molecule has 3 rings (SSSR count). The Balaban J connectivity index is 2.30. The Morgan fingerprint density at radius 1 is 1.20 bits per heavy atom. The number of benzene rings is 2. The number of carbonyl (C=O) groups is 1. The van der Waals surface area contributed by atoms with Gasteiger partial charge in [0.15, 0.2) is 0 Å². The fraction of sp³-hybridized carbons (Fsp3) is 0. The number of aromatic nitrogens is 1. The van der Waals surface area contributed by atoms with Crippen molar-refractivity contribution in [1.29, 1.82) is 0 Å². The Morgan fingerprint density at radius 3 is 2.65 bits per heavy atom. The number of hydrogen-bond donors (Lipinski definition) is 1. The Bertz CT molecular complexity index is 882. The number of rotatable bonds is 2. The first-order valence-corrected chi connectivity index (χ1v) is 6.87. The van der Waals surface area contributed by atoms with Crippen molar-refractivity contribution < 1.29 is 9.90 Å². The van der Waals surface area contributed by atoms with Crippen LogP contribution in [0.2, 0.25) is 5.02 Å². The molecule has 1 heterocycles. The maximum atomic E-state index is 12.3. The van der Waals surface area contributed by atoms with Gasteiger partial charge in [-0.2, -0.15) is 0 Å². The summed E-state index contributed by atoms with van der Waals surface area (Å²) >= 11 is 7.33. The van der Waals surface area contributed by atoms with Gasteiger partial charge in [0, 0.05) is 0 Å². The first kappa shape index (κ1) is 12.9. The monoisotopic (exact) mass is 305 g/mol. The third-order valence-electron chi connectivity index (χ3n) is 2.90. The number of fused-ring (bicyclic) bond motifs is 1. The van der Waals surface area contributed by atoms with Gasteiger partial charge in [-0.25, -0.2) is 8.75 Å². The molecule has 0 saturated carbocycles. The molecule has 0 amide bonds. The molecule has 1 N–H and O–H groups in total. The van der Waals surface area contributed by atoms with Gasteiger partial charge in [-0.05, 0) is 30.3 Å². The molecular weight excluding hydrogens is 298 g/mol. The molecule has 0 aliphatic rings. The highest BCUT2D eigenvalue weighted by Gasteiger charge is 2.13. The Morgan fingerprint density at radius 2 is 1.95 bits per heavy atom. The topological polar surface area (TPSA) is 59.3 Å². The summed E-state index contributed by atoms with van der Waals surface area (Å²) in [5.74, 6) is -1.06. The average Bonchev–Trinajstić information content (AvgIpc) is 2.77. The van der Waals surface area contributed by atoms with Crippen LogP contribution in [0.25, 0.3) is 15.8 Å². The SMILES string of the molecule is O=C(O)c1ccc(Cl)c(-n2sc3ccccc3c2=O)c1. The van der Waals surface area contributed by atoms with Crippen molar-refractivity contribution >= 4 is 39.2 Å². The molecule has 6 heteroatoms. The zero-order chi connectivity index (χ0) is 14.3. The van der Waals surface area contributed by atoms with E-state index in [0.717, 1.165) is 4.70 Å². The summed E-state index contributed by atoms with van der Waals surface area (Å²) in [7, 11) is 0. The molecule has 20 heavy (non-hydrogen) atoms. The molecule has 2 aromatic carbocycles. The van der Waals surface area contributed by atoms with Crippen molar-refractivity contribution in [3.63, 3.8) is 0 Å². The molecule has 0 spiro atoms. The fourth-order valence-corrected chi connectivity index (χ4v) is 3.20. The largest absolute Gasteiger partial charge is 0.478 e. The van der Waals surface area contributed by atoms with Crippen LogP contribution in [0.4, 0.5) is 0 Å². The van der Waals surface area contributed by atoms with Crippen LogP contribution in [0.1, 0.15) is 10.4 Å². The number of nitrogens with zero attached hydrogens (tertiary/aromatic N) is 1. The summed E-state index contributed by atoms with van der Waals surface area (Å²) in [4.78, 5) is 23.4. The summed E-state index contributed by atoms with van der Waals surface area (Å²) < 4.78 is 2.24. The van der Waals surface area contributed by atoms with E-state index in [-0.39, 0.29) is 11.1 Å². The van der Waals surface area contributed by atoms with Gasteiger partial charge in [0.25, 0.3) is 5.56 Å². The standard InChI is InChI=1S/C14H8ClNO3S/c15-10-6-5-8(14(18)19)7-11(10)16-13(17)9-3-1-2-4-12(9)20-16/h1-7H,(H,18,19). The normalized spacial score (nSPS) is 10.8. The van der Waals surface area contributed by atoms with Gasteiger partial charge < -0.3 is 5.11 Å². The number of halogens is 1. The summed E-state index contributed by atoms with van der Waals surface area (Å²) in [6, 6.07) is 11.5. The van der Waals surface area contributed by atoms with Gasteiger partial charge in [0.2, 0.25) is 0 Å². The lowest BCUT2D eigenvalue weighted by Crippen LogP contribution is -2.12. The molecule has 3 aromatic rings. The number of carboxylic acid groups (broad SMARTS) is 1. The predicted molar refractivity (Wildman–Crippen MR) is 79.4 cm³/mol. The Hall–Kier alpha value is -2.11. The summed E-state index contributed by atoms with van der Waals surface area (Å²) in [6.45, 7) is 0. The maximum absolute atomic E-state index is 12.3. The number of carboxylic acids is 1. The van der Waals surface area contributed by atoms with Crippen molar-refractivity contribution in [2.45, 2.75) is 0 Å². The van der Waals surface area contributed by atoms with Crippen LogP contribution in [0.5, 0.6) is 0 Å². The molecule has 0 aliphatic carbocycles. The molecule has 0 unspecified atom stereocenters. The minimum Gasteiger partial charge on any atom is -0.478 e. The van der Waals surface area contributed by atoms with Crippen LogP contribution < -0.4 is 5.56 Å². The molecule has 0 fully saturated rings. The Kier molecular flexibility index (Phi) is 3.08. The van der Waals surface area contributed by atoms with E-state index in [0.29, 0.717) is 16.1 Å². The molecule has 0 bridgehead atoms. The minimum atomic E-state index is -1.06. The molecule has 0 aliphatic heterocycles. The minimum absolute atomic E-state index is 0.0914. The average molecular weight is 306 g/mol. The summed E-state index contributed by atoms with van der Waals surface area (Å²) in [5, 5.41) is 9.96. The third-order valence-corrected chi connectivity index (χ3v) is 4.32. The van der Waals surface area contributed by atoms with Gasteiger partial charge in [0.1, 0.15) is 0 Å². The van der Waals surface area contributed by atoms with Crippen LogP contribution in [-0.2, 0) is 0 Å². The van der Waals surface area contributed by atoms with E-state index in [2.05, 4.69) is 0 Å². The fourth-order valence-electron chi connectivity index (χ4n) is 1.93. The highest BCUT2D eigenvalue weighted by atomic mass is 35.5. The van der Waals surface area contributed by atoms with Crippen molar-refractivity contribution in [1.82, 2.24) is 3.96 Å². The number of aromatic carboxylic acids is 1. The lowest BCUT2D eigenvalue weighted by molar-refractivity contribution is 0.0697. The van der Waals surface area contributed by atoms with Gasteiger partial charge in [-0.15, -0.1) is 0 Å². The van der Waals surface area contributed by atoms with E-state index in [1.807, 2.05) is 12.1 Å². The van der Waals surface area contributed by atoms with E-state index >= 15 is 0 Å². The van der Waals surface area contributed by atoms with Crippen molar-refractivity contribution in [3.05, 3.63) is 63.4 Å². The van der Waals surface area contributed by atoms with Crippen molar-refractivity contribution in [2.24, 2.45) is 0 Å². The highest BCUT2D eigenvalue weighted by molar-refractivity contribution is 7.14. The van der Waals surface area contributed by atoms with Gasteiger partial charge in [-0.1, -0.05) is 35.3 Å². The molecule has 0 atom stereocenters. The van der Waals surface area contributed by atoms with Crippen LogP contribution in [0, 0.1) is 0 Å². The molecule has 4 nitrogen and oxygen atoms in total. The summed E-state index contributed by atoms with van der Waals surface area (Å²) in [5.41, 5.74) is 0.279. The van der Waals surface area contributed by atoms with E-state index in [9.17, 15) is 9.59 Å². The molecule has 0 radical (unpaired) electrons. The van der Waals surface area contributed by atoms with E-state index in [1.165, 1.54) is 33.7 Å². The van der Waals surface area contributed by atoms with E-state index in [4.69, 9.17) is 16.7 Å². The first-order chi connectivity index (χ1) is 9.58. The highest BCUT2D eigenvalue weighted by Crippen LogP contribution is 2.26. The maximum Gasteiger partial charge on any atom is 0.335 e. The molecule has 1 aromatic heterocycles. The lowest BCUT2D eigenvalue weighted by Gasteiger charge is -2.04. The molecule has 100 valence electrons. The summed E-state index contributed by atoms with van der Waals surface area (Å²) in [6.07, 6.45) is 0. The predicted octanol–water partition coefficient (Wildman–Crippen LogP) is 3.40. The van der Waals surface area contributed by atoms with Crippen LogP contribution in [0.15, 0.2) is 47.3 Å². The van der Waals surface area contributed by atoms with Gasteiger partial charge >= 0.3 is 5.97 Å². The molecular formula is C14H8ClNO3S. The number of hydrogen-bond acceptors (Lipinski definition) is 3. The van der Waals surface area contributed by atoms with Crippen LogP contribution >= 0.6 is 23.1 Å². The first-order valence-electron chi connectivity index (χ1n) is 5.72. The van der Waals surface area contributed by atoms with Gasteiger partial charge in [0.05, 0.1) is 26.4 Å². The van der Waals surface area contributed by atoms with Crippen molar-refractivity contribution in [3.8, 4) is 5.69 Å². The quantitative estimate of drug-likeness (QED) is 0.789. The second kappa shape index (κ2) is 4.77. The zero-order valence-electron chi connectivity index (χ0n) is 10.0. The lowest BCUT2D eigenvalue weighted by atomic mass is 10.2. The van der Waals surface area contributed by atoms with Crippen molar-refractivity contribution in [2.75, 3.05) is 0 Å².